The van der Waals surface area contributed by atoms with E-state index in [2.05, 4.69) is 42.0 Å². The Balaban J connectivity index is 1.46. The van der Waals surface area contributed by atoms with Gasteiger partial charge in [-0.3, -0.25) is 9.79 Å². The van der Waals surface area contributed by atoms with Crippen molar-refractivity contribution in [1.82, 2.24) is 10.6 Å². The van der Waals surface area contributed by atoms with Crippen molar-refractivity contribution in [3.63, 3.8) is 0 Å². The van der Waals surface area contributed by atoms with Crippen LogP contribution in [0.25, 0.3) is 0 Å². The van der Waals surface area contributed by atoms with Gasteiger partial charge in [-0.15, -0.1) is 11.3 Å². The number of anilines is 1. The van der Waals surface area contributed by atoms with Crippen molar-refractivity contribution in [3.8, 4) is 5.75 Å². The quantitative estimate of drug-likeness (QED) is 0.375. The van der Waals surface area contributed by atoms with Gasteiger partial charge in [-0.1, -0.05) is 25.1 Å². The lowest BCUT2D eigenvalue weighted by molar-refractivity contribution is -0.121. The minimum absolute atomic E-state index is 0.00618. The highest BCUT2D eigenvalue weighted by Crippen LogP contribution is 2.31. The normalized spacial score (nSPS) is 14.9. The number of carbonyl (C=O) groups is 1. The van der Waals surface area contributed by atoms with Crippen LogP contribution in [-0.2, 0) is 11.2 Å². The van der Waals surface area contributed by atoms with E-state index in [0.717, 1.165) is 49.9 Å². The van der Waals surface area contributed by atoms with Crippen molar-refractivity contribution in [2.24, 2.45) is 10.9 Å². The Morgan fingerprint density at radius 3 is 2.93 bits per heavy atom. The van der Waals surface area contributed by atoms with E-state index in [1.165, 1.54) is 4.88 Å². The van der Waals surface area contributed by atoms with Crippen LogP contribution in [-0.4, -0.2) is 44.7 Å². The molecule has 1 aromatic carbocycles. The van der Waals surface area contributed by atoms with Gasteiger partial charge in [0.2, 0.25) is 0 Å². The topological polar surface area (TPSA) is 66.0 Å². The number of thiophene rings is 1. The molecule has 2 heterocycles. The number of rotatable bonds is 9. The van der Waals surface area contributed by atoms with Crippen molar-refractivity contribution in [2.75, 3.05) is 37.7 Å². The zero-order chi connectivity index (χ0) is 20.5. The summed E-state index contributed by atoms with van der Waals surface area (Å²) in [6, 6.07) is 12.0. The molecule has 1 amide bonds. The molecule has 0 saturated heterocycles. The van der Waals surface area contributed by atoms with Gasteiger partial charge in [-0.2, -0.15) is 0 Å². The molecule has 0 radical (unpaired) electrons. The number of para-hydroxylation sites is 2. The summed E-state index contributed by atoms with van der Waals surface area (Å²) in [5, 5.41) is 8.81. The molecule has 0 fully saturated rings. The van der Waals surface area contributed by atoms with Gasteiger partial charge in [-0.25, -0.2) is 0 Å². The SMILES string of the molecule is CCNC(=NCC(C)Cc1cccs1)NCCCN1C(=O)COc2ccccc21. The molecular formula is C22H30N4O2S. The first-order chi connectivity index (χ1) is 14.2. The maximum Gasteiger partial charge on any atom is 0.265 e. The minimum atomic E-state index is 0.00618. The largest absolute Gasteiger partial charge is 0.482 e. The standard InChI is InChI=1S/C22H30N4O2S/c1-3-23-22(25-15-17(2)14-18-8-6-13-29-18)24-11-7-12-26-19-9-4-5-10-20(19)28-16-21(26)27/h4-6,8-10,13,17H,3,7,11-12,14-16H2,1-2H3,(H2,23,24,25). The van der Waals surface area contributed by atoms with Gasteiger partial charge < -0.3 is 20.3 Å². The van der Waals surface area contributed by atoms with E-state index in [1.54, 1.807) is 11.3 Å². The lowest BCUT2D eigenvalue weighted by Crippen LogP contribution is -2.42. The van der Waals surface area contributed by atoms with E-state index in [9.17, 15) is 4.79 Å². The molecule has 1 aliphatic rings. The van der Waals surface area contributed by atoms with Gasteiger partial charge in [0.25, 0.3) is 5.91 Å². The maximum atomic E-state index is 12.2. The Hall–Kier alpha value is -2.54. The second-order valence-corrected chi connectivity index (χ2v) is 8.22. The van der Waals surface area contributed by atoms with Crippen LogP contribution in [0.1, 0.15) is 25.1 Å². The molecule has 0 aliphatic carbocycles. The maximum absolute atomic E-state index is 12.2. The van der Waals surface area contributed by atoms with Gasteiger partial charge in [-0.05, 0) is 49.3 Å². The number of nitrogens with zero attached hydrogens (tertiary/aromatic N) is 2. The summed E-state index contributed by atoms with van der Waals surface area (Å²) < 4.78 is 5.50. The molecule has 1 aromatic heterocycles. The van der Waals surface area contributed by atoms with Crippen molar-refractivity contribution >= 4 is 28.9 Å². The smallest absolute Gasteiger partial charge is 0.265 e. The Morgan fingerprint density at radius 1 is 1.28 bits per heavy atom. The molecule has 7 heteroatoms. The zero-order valence-corrected chi connectivity index (χ0v) is 18.0. The van der Waals surface area contributed by atoms with Crippen LogP contribution in [0.5, 0.6) is 5.75 Å². The molecule has 0 bridgehead atoms. The second kappa shape index (κ2) is 10.9. The van der Waals surface area contributed by atoms with E-state index in [1.807, 2.05) is 29.2 Å². The summed E-state index contributed by atoms with van der Waals surface area (Å²) in [5.74, 6) is 2.10. The summed E-state index contributed by atoms with van der Waals surface area (Å²) in [6.45, 7) is 7.40. The fourth-order valence-corrected chi connectivity index (χ4v) is 4.14. The van der Waals surface area contributed by atoms with Gasteiger partial charge in [0, 0.05) is 31.1 Å². The van der Waals surface area contributed by atoms with Gasteiger partial charge in [0.05, 0.1) is 5.69 Å². The molecule has 1 atom stereocenters. The summed E-state index contributed by atoms with van der Waals surface area (Å²) in [4.78, 5) is 20.2. The van der Waals surface area contributed by atoms with Crippen LogP contribution in [0, 0.1) is 5.92 Å². The molecular weight excluding hydrogens is 384 g/mol. The number of aliphatic imine (C=N–C) groups is 1. The number of benzene rings is 1. The van der Waals surface area contributed by atoms with E-state index < -0.39 is 0 Å². The monoisotopic (exact) mass is 414 g/mol. The summed E-state index contributed by atoms with van der Waals surface area (Å²) >= 11 is 1.80. The van der Waals surface area contributed by atoms with Gasteiger partial charge >= 0.3 is 0 Å². The molecule has 1 unspecified atom stereocenters. The molecule has 1 aliphatic heterocycles. The summed E-state index contributed by atoms with van der Waals surface area (Å²) in [5.41, 5.74) is 0.853. The molecule has 0 spiro atoms. The first kappa shape index (κ1) is 21.2. The van der Waals surface area contributed by atoms with E-state index in [4.69, 9.17) is 9.73 Å². The number of carbonyl (C=O) groups excluding carboxylic acids is 1. The molecule has 2 aromatic rings. The van der Waals surface area contributed by atoms with Crippen LogP contribution in [0.2, 0.25) is 0 Å². The van der Waals surface area contributed by atoms with Crippen LogP contribution < -0.4 is 20.3 Å². The Morgan fingerprint density at radius 2 is 2.14 bits per heavy atom. The van der Waals surface area contributed by atoms with E-state index in [-0.39, 0.29) is 12.5 Å². The van der Waals surface area contributed by atoms with Crippen LogP contribution in [0.4, 0.5) is 5.69 Å². The highest BCUT2D eigenvalue weighted by Gasteiger charge is 2.24. The Kier molecular flexibility index (Phi) is 7.93. The molecule has 0 saturated carbocycles. The molecule has 3 rings (SSSR count). The highest BCUT2D eigenvalue weighted by molar-refractivity contribution is 7.09. The van der Waals surface area contributed by atoms with Crippen LogP contribution >= 0.6 is 11.3 Å². The van der Waals surface area contributed by atoms with Crippen molar-refractivity contribution in [1.29, 1.82) is 0 Å². The number of ether oxygens (including phenoxy) is 1. The number of nitrogens with one attached hydrogen (secondary N) is 2. The highest BCUT2D eigenvalue weighted by atomic mass is 32.1. The number of hydrogen-bond donors (Lipinski definition) is 2. The van der Waals surface area contributed by atoms with Crippen LogP contribution in [0.3, 0.4) is 0 Å². The number of hydrogen-bond acceptors (Lipinski definition) is 4. The van der Waals surface area contributed by atoms with Crippen LogP contribution in [0.15, 0.2) is 46.8 Å². The van der Waals surface area contributed by atoms with E-state index in [0.29, 0.717) is 12.5 Å². The number of guanidine groups is 1. The van der Waals surface area contributed by atoms with Gasteiger partial charge in [0.15, 0.2) is 12.6 Å². The molecule has 2 N–H and O–H groups in total. The Labute approximate surface area is 177 Å². The average Bonchev–Trinajstić information content (AvgIpc) is 3.23. The number of fused-ring (bicyclic) bond motifs is 1. The molecule has 29 heavy (non-hydrogen) atoms. The third-order valence-electron chi connectivity index (χ3n) is 4.69. The first-order valence-electron chi connectivity index (χ1n) is 10.2. The lowest BCUT2D eigenvalue weighted by atomic mass is 10.1. The van der Waals surface area contributed by atoms with Crippen molar-refractivity contribution in [2.45, 2.75) is 26.7 Å². The molecule has 6 nitrogen and oxygen atoms in total. The first-order valence-corrected chi connectivity index (χ1v) is 11.1. The predicted molar refractivity (Wildman–Crippen MR) is 120 cm³/mol. The fourth-order valence-electron chi connectivity index (χ4n) is 3.27. The second-order valence-electron chi connectivity index (χ2n) is 7.19. The minimum Gasteiger partial charge on any atom is -0.482 e. The third kappa shape index (κ3) is 6.22. The summed E-state index contributed by atoms with van der Waals surface area (Å²) in [7, 11) is 0. The van der Waals surface area contributed by atoms with Crippen molar-refractivity contribution in [3.05, 3.63) is 46.7 Å². The Bertz CT molecular complexity index is 807. The predicted octanol–water partition coefficient (Wildman–Crippen LogP) is 3.30. The van der Waals surface area contributed by atoms with Gasteiger partial charge in [0.1, 0.15) is 5.75 Å². The van der Waals surface area contributed by atoms with Crippen molar-refractivity contribution < 1.29 is 9.53 Å². The number of amides is 1. The lowest BCUT2D eigenvalue weighted by Gasteiger charge is -2.29. The summed E-state index contributed by atoms with van der Waals surface area (Å²) in [6.07, 6.45) is 1.88. The molecule has 156 valence electrons. The average molecular weight is 415 g/mol. The zero-order valence-electron chi connectivity index (χ0n) is 17.2. The fraction of sp³-hybridized carbons (Fsp3) is 0.455. The van der Waals surface area contributed by atoms with E-state index >= 15 is 0 Å². The third-order valence-corrected chi connectivity index (χ3v) is 5.59.